The van der Waals surface area contributed by atoms with Crippen LogP contribution in [0.25, 0.3) is 0 Å². The van der Waals surface area contributed by atoms with Gasteiger partial charge < -0.3 is 23.9 Å². The zero-order valence-electron chi connectivity index (χ0n) is 21.1. The molecule has 1 aromatic carbocycles. The third-order valence-corrected chi connectivity index (χ3v) is 6.65. The molecular weight excluding hydrogens is 458 g/mol. The minimum Gasteiger partial charge on any atom is -0.497 e. The molecule has 0 aliphatic carbocycles. The van der Waals surface area contributed by atoms with Crippen LogP contribution in [0.3, 0.4) is 0 Å². The van der Waals surface area contributed by atoms with Crippen molar-refractivity contribution in [2.75, 3.05) is 13.7 Å². The predicted molar refractivity (Wildman–Crippen MR) is 136 cm³/mol. The number of aryl methyl sites for hydroxylation is 3. The van der Waals surface area contributed by atoms with Gasteiger partial charge >= 0.3 is 0 Å². The number of hydrogen-bond donors (Lipinski definition) is 1. The lowest BCUT2D eigenvalue weighted by Gasteiger charge is -2.33. The first-order valence-corrected chi connectivity index (χ1v) is 12.4. The smallest absolute Gasteiger partial charge is 0.259 e. The molecule has 1 aliphatic heterocycles. The fraction of sp³-hybridized carbons (Fsp3) is 0.393. The van der Waals surface area contributed by atoms with Crippen molar-refractivity contribution in [3.8, 4) is 5.75 Å². The van der Waals surface area contributed by atoms with Gasteiger partial charge in [0.05, 0.1) is 13.7 Å². The summed E-state index contributed by atoms with van der Waals surface area (Å²) in [6, 6.07) is 11.4. The van der Waals surface area contributed by atoms with Crippen molar-refractivity contribution in [2.45, 2.75) is 58.7 Å². The van der Waals surface area contributed by atoms with E-state index >= 15 is 0 Å². The number of nitrogens with zero attached hydrogens (tertiary/aromatic N) is 2. The topological polar surface area (TPSA) is 93.8 Å². The minimum atomic E-state index is -0.549. The lowest BCUT2D eigenvalue weighted by atomic mass is 10.0. The molecule has 1 saturated heterocycles. The van der Waals surface area contributed by atoms with Gasteiger partial charge in [-0.1, -0.05) is 12.1 Å². The number of pyridine rings is 1. The van der Waals surface area contributed by atoms with Gasteiger partial charge in [-0.3, -0.25) is 14.4 Å². The zero-order valence-corrected chi connectivity index (χ0v) is 21.1. The van der Waals surface area contributed by atoms with Gasteiger partial charge in [0.1, 0.15) is 28.4 Å². The summed E-state index contributed by atoms with van der Waals surface area (Å²) in [7, 11) is 1.62. The van der Waals surface area contributed by atoms with E-state index in [9.17, 15) is 14.4 Å². The number of amides is 2. The Labute approximate surface area is 210 Å². The molecule has 190 valence electrons. The number of hydrogen-bond acceptors (Lipinski definition) is 5. The number of ether oxygens (including phenoxy) is 1. The molecule has 0 unspecified atom stereocenters. The Morgan fingerprint density at radius 3 is 2.50 bits per heavy atom. The quantitative estimate of drug-likeness (QED) is 0.515. The number of piperidine rings is 1. The van der Waals surface area contributed by atoms with Crippen molar-refractivity contribution in [1.82, 2.24) is 14.8 Å². The maximum atomic E-state index is 13.4. The van der Waals surface area contributed by atoms with Gasteiger partial charge in [0.25, 0.3) is 11.8 Å². The average molecular weight is 492 g/mol. The van der Waals surface area contributed by atoms with Crippen LogP contribution in [0.1, 0.15) is 64.0 Å². The molecule has 0 bridgehead atoms. The molecule has 3 heterocycles. The van der Waals surface area contributed by atoms with Gasteiger partial charge in [0.2, 0.25) is 5.43 Å². The summed E-state index contributed by atoms with van der Waals surface area (Å²) in [6.45, 7) is 5.09. The van der Waals surface area contributed by atoms with Crippen LogP contribution in [-0.2, 0) is 19.5 Å². The molecule has 1 fully saturated rings. The van der Waals surface area contributed by atoms with Crippen LogP contribution >= 0.6 is 0 Å². The molecule has 2 aromatic heterocycles. The normalized spacial score (nSPS) is 15.5. The highest BCUT2D eigenvalue weighted by Gasteiger charge is 2.28. The molecule has 0 spiro atoms. The molecule has 0 radical (unpaired) electrons. The van der Waals surface area contributed by atoms with E-state index in [0.29, 0.717) is 25.3 Å². The Morgan fingerprint density at radius 1 is 1.08 bits per heavy atom. The van der Waals surface area contributed by atoms with Crippen molar-refractivity contribution < 1.29 is 18.7 Å². The van der Waals surface area contributed by atoms with Gasteiger partial charge in [-0.15, -0.1) is 0 Å². The molecule has 1 N–H and O–H groups in total. The summed E-state index contributed by atoms with van der Waals surface area (Å²) >= 11 is 0. The highest BCUT2D eigenvalue weighted by Crippen LogP contribution is 2.19. The summed E-state index contributed by atoms with van der Waals surface area (Å²) < 4.78 is 12.5. The Morgan fingerprint density at radius 2 is 1.83 bits per heavy atom. The van der Waals surface area contributed by atoms with E-state index in [-0.39, 0.29) is 29.6 Å². The van der Waals surface area contributed by atoms with Gasteiger partial charge in [-0.2, -0.15) is 0 Å². The van der Waals surface area contributed by atoms with Crippen molar-refractivity contribution in [1.29, 1.82) is 0 Å². The van der Waals surface area contributed by atoms with Gasteiger partial charge in [-0.05, 0) is 69.4 Å². The molecule has 1 atom stereocenters. The number of likely N-dealkylation sites (tertiary alicyclic amines) is 1. The van der Waals surface area contributed by atoms with E-state index in [2.05, 4.69) is 5.32 Å². The number of methoxy groups -OCH3 is 1. The number of aromatic nitrogens is 1. The van der Waals surface area contributed by atoms with Gasteiger partial charge in [0, 0.05) is 31.5 Å². The number of rotatable bonds is 8. The molecule has 3 aromatic rings. The Kier molecular flexibility index (Phi) is 7.93. The summed E-state index contributed by atoms with van der Waals surface area (Å²) in [6.07, 6.45) is 6.65. The van der Waals surface area contributed by atoms with Crippen LogP contribution in [0, 0.1) is 6.92 Å². The first-order valence-electron chi connectivity index (χ1n) is 12.4. The molecule has 2 amide bonds. The fourth-order valence-electron chi connectivity index (χ4n) is 4.52. The van der Waals surface area contributed by atoms with Crippen molar-refractivity contribution in [3.63, 3.8) is 0 Å². The second kappa shape index (κ2) is 11.3. The number of benzene rings is 1. The van der Waals surface area contributed by atoms with Crippen LogP contribution in [0.4, 0.5) is 0 Å². The first kappa shape index (κ1) is 25.3. The monoisotopic (exact) mass is 491 g/mol. The Hall–Kier alpha value is -3.81. The van der Waals surface area contributed by atoms with Crippen molar-refractivity contribution >= 4 is 11.8 Å². The molecule has 1 aliphatic rings. The van der Waals surface area contributed by atoms with Crippen LogP contribution in [0.5, 0.6) is 5.75 Å². The lowest BCUT2D eigenvalue weighted by molar-refractivity contribution is 0.0633. The summed E-state index contributed by atoms with van der Waals surface area (Å²) in [5.41, 5.74) is 0.501. The van der Waals surface area contributed by atoms with Crippen molar-refractivity contribution in [2.24, 2.45) is 0 Å². The van der Waals surface area contributed by atoms with E-state index in [1.54, 1.807) is 28.8 Å². The highest BCUT2D eigenvalue weighted by molar-refractivity contribution is 5.99. The molecule has 8 nitrogen and oxygen atoms in total. The third kappa shape index (κ3) is 5.87. The summed E-state index contributed by atoms with van der Waals surface area (Å²) in [4.78, 5) is 41.6. The van der Waals surface area contributed by atoms with Crippen LogP contribution in [-0.4, -0.2) is 41.0 Å². The Balaban J connectivity index is 1.61. The molecule has 8 heteroatoms. The van der Waals surface area contributed by atoms with E-state index in [1.807, 2.05) is 44.2 Å². The SMILES string of the molecule is COc1ccc(CCn2cc(C(=O)NCc3ccc(C)o3)c(=O)c(C(=O)N3CCCC[C@@H]3C)c2)cc1. The maximum absolute atomic E-state index is 13.4. The predicted octanol–water partition coefficient (Wildman–Crippen LogP) is 3.95. The van der Waals surface area contributed by atoms with Crippen LogP contribution < -0.4 is 15.5 Å². The number of carbonyl (C=O) groups excluding carboxylic acids is 2. The lowest BCUT2D eigenvalue weighted by Crippen LogP contribution is -2.44. The molecule has 0 saturated carbocycles. The van der Waals surface area contributed by atoms with E-state index in [4.69, 9.17) is 9.15 Å². The maximum Gasteiger partial charge on any atom is 0.259 e. The van der Waals surface area contributed by atoms with Crippen LogP contribution in [0.2, 0.25) is 0 Å². The molecule has 4 rings (SSSR count). The second-order valence-electron chi connectivity index (χ2n) is 9.29. The average Bonchev–Trinajstić information content (AvgIpc) is 3.31. The fourth-order valence-corrected chi connectivity index (χ4v) is 4.52. The largest absolute Gasteiger partial charge is 0.497 e. The first-order chi connectivity index (χ1) is 17.4. The molecular formula is C28H33N3O5. The minimum absolute atomic E-state index is 0.0278. The van der Waals surface area contributed by atoms with Gasteiger partial charge in [0.15, 0.2) is 0 Å². The van der Waals surface area contributed by atoms with Crippen molar-refractivity contribution in [3.05, 3.63) is 87.2 Å². The number of furan rings is 1. The third-order valence-electron chi connectivity index (χ3n) is 6.65. The van der Waals surface area contributed by atoms with E-state index < -0.39 is 11.3 Å². The van der Waals surface area contributed by atoms with Gasteiger partial charge in [-0.25, -0.2) is 0 Å². The molecule has 36 heavy (non-hydrogen) atoms. The number of nitrogens with one attached hydrogen (secondary N) is 1. The van der Waals surface area contributed by atoms with E-state index in [1.165, 1.54) is 6.20 Å². The standard InChI is InChI=1S/C28H33N3O5/c1-19-6-4-5-14-31(19)28(34)25-18-30(15-13-21-8-11-22(35-3)12-9-21)17-24(26(25)32)27(33)29-16-23-10-7-20(2)36-23/h7-12,17-19H,4-6,13-16H2,1-3H3,(H,29,33)/t19-/m0/s1. The summed E-state index contributed by atoms with van der Waals surface area (Å²) in [5.74, 6) is 1.25. The highest BCUT2D eigenvalue weighted by atomic mass is 16.5. The van der Waals surface area contributed by atoms with E-state index in [0.717, 1.165) is 36.3 Å². The Bertz CT molecular complexity index is 1280. The second-order valence-corrected chi connectivity index (χ2v) is 9.29. The number of carbonyl (C=O) groups is 2. The van der Waals surface area contributed by atoms with Crippen LogP contribution in [0.15, 0.2) is 58.0 Å². The zero-order chi connectivity index (χ0) is 25.7. The summed E-state index contributed by atoms with van der Waals surface area (Å²) in [5, 5.41) is 2.75.